The summed E-state index contributed by atoms with van der Waals surface area (Å²) < 4.78 is 8.66. The molecule has 49 heavy (non-hydrogen) atoms. The molecule has 3 aliphatic rings. The fourth-order valence-corrected chi connectivity index (χ4v) is 9.84. The van der Waals surface area contributed by atoms with Gasteiger partial charge in [0.25, 0.3) is 11.5 Å². The number of aliphatic carboxylic acids is 1. The number of rotatable bonds is 15. The van der Waals surface area contributed by atoms with Gasteiger partial charge in [-0.05, 0) is 67.2 Å². The van der Waals surface area contributed by atoms with Crippen molar-refractivity contribution in [1.82, 2.24) is 9.47 Å². The number of amides is 1. The number of unbranched alkanes of at least 4 members (excludes halogenated alkanes) is 6. The molecule has 3 aromatic rings. The molecule has 2 fully saturated rings. The molecule has 2 aromatic carbocycles. The predicted molar refractivity (Wildman–Crippen MR) is 204 cm³/mol. The number of carbonyl (C=O) groups is 2. The van der Waals surface area contributed by atoms with Gasteiger partial charge in [0, 0.05) is 24.2 Å². The molecule has 1 saturated heterocycles. The number of thioether (sulfide) groups is 1. The Labute approximate surface area is 301 Å². The van der Waals surface area contributed by atoms with Gasteiger partial charge >= 0.3 is 5.97 Å². The minimum Gasteiger partial charge on any atom is -0.491 e. The summed E-state index contributed by atoms with van der Waals surface area (Å²) in [5, 5.41) is 9.71. The number of anilines is 2. The van der Waals surface area contributed by atoms with Crippen LogP contribution in [0.3, 0.4) is 0 Å². The zero-order chi connectivity index (χ0) is 34.5. The van der Waals surface area contributed by atoms with Crippen LogP contribution in [-0.2, 0) is 16.1 Å². The average molecular weight is 720 g/mol. The Morgan fingerprint density at radius 1 is 1.00 bits per heavy atom. The second-order valence-corrected chi connectivity index (χ2v) is 15.8. The Bertz CT molecular complexity index is 1900. The first-order chi connectivity index (χ1) is 23.8. The Morgan fingerprint density at radius 2 is 1.78 bits per heavy atom. The molecule has 1 saturated carbocycles. The number of benzene rings is 2. The number of carboxylic acids is 1. The van der Waals surface area contributed by atoms with E-state index < -0.39 is 18.1 Å². The third-order valence-corrected chi connectivity index (χ3v) is 12.4. The molecule has 2 atom stereocenters. The van der Waals surface area contributed by atoms with E-state index in [0.717, 1.165) is 85.8 Å². The summed E-state index contributed by atoms with van der Waals surface area (Å²) in [6.45, 7) is 5.03. The van der Waals surface area contributed by atoms with Crippen LogP contribution in [0.5, 0.6) is 5.75 Å². The zero-order valence-electron chi connectivity index (χ0n) is 28.3. The number of ether oxygens (including phenoxy) is 1. The summed E-state index contributed by atoms with van der Waals surface area (Å²) >= 11 is 7.91. The van der Waals surface area contributed by atoms with Gasteiger partial charge in [-0.3, -0.25) is 23.9 Å². The molecular weight excluding hydrogens is 675 g/mol. The molecule has 1 aliphatic carbocycles. The van der Waals surface area contributed by atoms with Gasteiger partial charge < -0.3 is 14.7 Å². The Morgan fingerprint density at radius 3 is 2.57 bits per heavy atom. The number of nitrogens with zero attached hydrogens (tertiary/aromatic N) is 3. The van der Waals surface area contributed by atoms with Gasteiger partial charge in [-0.25, -0.2) is 0 Å². The molecule has 3 heterocycles. The molecular formula is C38H45N3O5S3. The van der Waals surface area contributed by atoms with Crippen molar-refractivity contribution < 1.29 is 19.4 Å². The van der Waals surface area contributed by atoms with Crippen molar-refractivity contribution in [3.63, 3.8) is 0 Å². The van der Waals surface area contributed by atoms with E-state index in [2.05, 4.69) is 49.1 Å². The number of hydrogen-bond acceptors (Lipinski definition) is 8. The first-order valence-electron chi connectivity index (χ1n) is 17.7. The van der Waals surface area contributed by atoms with Crippen LogP contribution in [0.1, 0.15) is 102 Å². The van der Waals surface area contributed by atoms with Gasteiger partial charge in [-0.2, -0.15) is 0 Å². The van der Waals surface area contributed by atoms with Crippen molar-refractivity contribution in [3.8, 4) is 5.75 Å². The van der Waals surface area contributed by atoms with Crippen LogP contribution in [0.4, 0.5) is 11.4 Å². The average Bonchev–Trinajstić information content (AvgIpc) is 3.83. The highest BCUT2D eigenvalue weighted by Gasteiger charge is 2.43. The van der Waals surface area contributed by atoms with Crippen molar-refractivity contribution in [1.29, 1.82) is 0 Å². The van der Waals surface area contributed by atoms with Crippen molar-refractivity contribution in [2.24, 2.45) is 0 Å². The molecule has 11 heteroatoms. The third kappa shape index (κ3) is 7.54. The number of aromatic nitrogens is 1. The quantitative estimate of drug-likeness (QED) is 0.131. The fraction of sp³-hybridized carbons (Fsp3) is 0.474. The first-order valence-corrected chi connectivity index (χ1v) is 19.7. The highest BCUT2D eigenvalue weighted by molar-refractivity contribution is 8.30. The van der Waals surface area contributed by atoms with Gasteiger partial charge in [0.1, 0.15) is 26.2 Å². The molecule has 2 aliphatic heterocycles. The third-order valence-electron chi connectivity index (χ3n) is 9.68. The van der Waals surface area contributed by atoms with E-state index in [-0.39, 0.29) is 5.91 Å². The Hall–Kier alpha value is -3.41. The number of hydrogen-bond donors (Lipinski definition) is 1. The van der Waals surface area contributed by atoms with E-state index in [1.807, 2.05) is 18.2 Å². The number of thiazole rings is 1. The number of carboxylic acid groups (broad SMARTS) is 1. The molecule has 1 N–H and O–H groups in total. The van der Waals surface area contributed by atoms with Crippen LogP contribution in [0, 0.1) is 0 Å². The Balaban J connectivity index is 1.33. The largest absolute Gasteiger partial charge is 0.491 e. The van der Waals surface area contributed by atoms with E-state index in [1.54, 1.807) is 4.90 Å². The minimum atomic E-state index is -1.14. The smallest absolute Gasteiger partial charge is 0.323 e. The summed E-state index contributed by atoms with van der Waals surface area (Å²) in [5.41, 5.74) is 3.97. The second kappa shape index (κ2) is 16.1. The molecule has 1 aromatic heterocycles. The summed E-state index contributed by atoms with van der Waals surface area (Å²) in [4.78, 5) is 43.6. The maximum Gasteiger partial charge on any atom is 0.323 e. The predicted octanol–water partition coefficient (Wildman–Crippen LogP) is 7.12. The maximum atomic E-state index is 13.7. The van der Waals surface area contributed by atoms with Gasteiger partial charge in [-0.1, -0.05) is 101 Å². The molecule has 0 spiro atoms. The van der Waals surface area contributed by atoms with Crippen molar-refractivity contribution >= 4 is 73.9 Å². The lowest BCUT2D eigenvalue weighted by molar-refractivity contribution is -0.137. The monoisotopic (exact) mass is 719 g/mol. The molecule has 0 bridgehead atoms. The van der Waals surface area contributed by atoms with E-state index in [1.165, 1.54) is 40.7 Å². The highest BCUT2D eigenvalue weighted by atomic mass is 32.2. The lowest BCUT2D eigenvalue weighted by Gasteiger charge is -2.29. The Kier molecular flexibility index (Phi) is 11.6. The topological polar surface area (TPSA) is 92.1 Å². The molecule has 2 unspecified atom stereocenters. The van der Waals surface area contributed by atoms with Crippen LogP contribution in [0.15, 0.2) is 47.3 Å². The summed E-state index contributed by atoms with van der Waals surface area (Å²) in [6.07, 6.45) is 13.8. The van der Waals surface area contributed by atoms with E-state index in [9.17, 15) is 19.5 Å². The van der Waals surface area contributed by atoms with Crippen LogP contribution in [0.25, 0.3) is 11.0 Å². The molecule has 6 rings (SSSR count). The lowest BCUT2D eigenvalue weighted by Crippen LogP contribution is -2.35. The summed E-state index contributed by atoms with van der Waals surface area (Å²) in [7, 11) is 0. The standard InChI is InChI=1S/C38H45N3O5S3/c1-3-5-7-8-9-12-20-39-36(45)34(49-38(39)47)37-40(24-33(42)43)35(44)32(48-37)23-25-18-19-29-27(22-25)26-14-13-16-28(26)41(29)30-15-10-11-17-31(30)46-21-6-4-2/h10-11,15,17-19,22-23,26,28H,3-9,12-14,16,20-21,24H2,1-2H3,(H,42,43)/b32-23+,37-34-. The number of thiocarbonyl (C=S) groups is 1. The van der Waals surface area contributed by atoms with E-state index >= 15 is 0 Å². The molecule has 260 valence electrons. The maximum absolute atomic E-state index is 13.7. The number of fused-ring (bicyclic) bond motifs is 3. The number of para-hydroxylation sites is 2. The van der Waals surface area contributed by atoms with Gasteiger partial charge in [0.15, 0.2) is 0 Å². The molecule has 8 nitrogen and oxygen atoms in total. The zero-order valence-corrected chi connectivity index (χ0v) is 30.8. The van der Waals surface area contributed by atoms with Crippen LogP contribution >= 0.6 is 35.3 Å². The summed E-state index contributed by atoms with van der Waals surface area (Å²) in [6, 6.07) is 15.0. The number of carbonyl (C=O) groups excluding carboxylic acids is 1. The highest BCUT2D eigenvalue weighted by Crippen LogP contribution is 2.54. The van der Waals surface area contributed by atoms with Crippen LogP contribution in [-0.4, -0.2) is 50.0 Å². The van der Waals surface area contributed by atoms with Crippen LogP contribution in [0.2, 0.25) is 0 Å². The fourth-order valence-electron chi connectivity index (χ4n) is 7.27. The summed E-state index contributed by atoms with van der Waals surface area (Å²) in [5.74, 6) is -0.119. The molecule has 1 amide bonds. The van der Waals surface area contributed by atoms with Gasteiger partial charge in [-0.15, -0.1) is 11.3 Å². The normalized spacial score (nSPS) is 20.0. The van der Waals surface area contributed by atoms with E-state index in [0.29, 0.717) is 43.5 Å². The van der Waals surface area contributed by atoms with Gasteiger partial charge in [0.05, 0.1) is 16.8 Å². The van der Waals surface area contributed by atoms with Crippen molar-refractivity contribution in [2.45, 2.75) is 103 Å². The second-order valence-electron chi connectivity index (χ2n) is 13.1. The van der Waals surface area contributed by atoms with Crippen molar-refractivity contribution in [3.05, 3.63) is 73.1 Å². The lowest BCUT2D eigenvalue weighted by atomic mass is 9.96. The SMILES string of the molecule is CCCCCCCCN1C(=O)/C(=c2/s/c(=C/c3ccc4c(c3)C3CCCC3N4c3ccccc3OCCCC)c(=O)n2CC(=O)O)SC1=S. The molecule has 0 radical (unpaired) electrons. The van der Waals surface area contributed by atoms with E-state index in [4.69, 9.17) is 17.0 Å². The van der Waals surface area contributed by atoms with Gasteiger partial charge in [0.2, 0.25) is 0 Å². The first kappa shape index (κ1) is 35.4. The van der Waals surface area contributed by atoms with Crippen molar-refractivity contribution in [2.75, 3.05) is 18.1 Å². The van der Waals surface area contributed by atoms with Crippen LogP contribution < -0.4 is 24.4 Å². The minimum absolute atomic E-state index is 0.251.